The molecule has 1 aliphatic heterocycles. The van der Waals surface area contributed by atoms with Crippen molar-refractivity contribution in [3.63, 3.8) is 0 Å². The van der Waals surface area contributed by atoms with Crippen LogP contribution in [-0.4, -0.2) is 29.9 Å². The standard InChI is InChI=1S/C29H30F3N3O3/c1-20(6-11-26(36)22-12-15-33-16-13-22)28(14-17-38-19-28)27(37)34-18-21-7-9-23(10-8-21)35-25-5-3-2-4-24(25)29(30,31)32/h2-5,7-10,12-13,15-16,20,35H,6,11,14,17-19H2,1H3,(H,34,37)/t20-,28+/m0/s1. The Morgan fingerprint density at radius 2 is 1.76 bits per heavy atom. The van der Waals surface area contributed by atoms with Gasteiger partial charge in [0, 0.05) is 43.2 Å². The Morgan fingerprint density at radius 3 is 2.42 bits per heavy atom. The Labute approximate surface area is 219 Å². The number of pyridine rings is 1. The fourth-order valence-electron chi connectivity index (χ4n) is 4.74. The first-order chi connectivity index (χ1) is 18.2. The number of carbonyl (C=O) groups excluding carboxylic acids is 2. The van der Waals surface area contributed by atoms with Crippen molar-refractivity contribution in [1.29, 1.82) is 0 Å². The normalized spacial score (nSPS) is 18.1. The van der Waals surface area contributed by atoms with E-state index >= 15 is 0 Å². The SMILES string of the molecule is C[C@@H](CCC(=O)c1ccncc1)[C@@]1(C(=O)NCc2ccc(Nc3ccccc3C(F)(F)F)cc2)CCOC1. The van der Waals surface area contributed by atoms with Gasteiger partial charge in [-0.15, -0.1) is 0 Å². The van der Waals surface area contributed by atoms with E-state index in [0.717, 1.165) is 11.6 Å². The summed E-state index contributed by atoms with van der Waals surface area (Å²) in [4.78, 5) is 29.8. The number of carbonyl (C=O) groups is 2. The van der Waals surface area contributed by atoms with Crippen molar-refractivity contribution < 1.29 is 27.5 Å². The number of benzene rings is 2. The number of alkyl halides is 3. The molecule has 1 saturated heterocycles. The van der Waals surface area contributed by atoms with Crippen LogP contribution in [0.4, 0.5) is 24.5 Å². The highest BCUT2D eigenvalue weighted by Crippen LogP contribution is 2.40. The molecule has 200 valence electrons. The zero-order valence-electron chi connectivity index (χ0n) is 21.1. The third-order valence-electron chi connectivity index (χ3n) is 7.17. The Balaban J connectivity index is 1.35. The Bertz CT molecular complexity index is 1240. The highest BCUT2D eigenvalue weighted by Gasteiger charge is 2.46. The van der Waals surface area contributed by atoms with Crippen LogP contribution in [0.15, 0.2) is 73.1 Å². The van der Waals surface area contributed by atoms with Gasteiger partial charge in [0.05, 0.1) is 23.3 Å². The van der Waals surface area contributed by atoms with Crippen molar-refractivity contribution in [2.24, 2.45) is 11.3 Å². The maximum atomic E-state index is 13.3. The summed E-state index contributed by atoms with van der Waals surface area (Å²) >= 11 is 0. The molecule has 6 nitrogen and oxygen atoms in total. The third kappa shape index (κ3) is 6.39. The molecule has 0 aliphatic carbocycles. The smallest absolute Gasteiger partial charge is 0.380 e. The van der Waals surface area contributed by atoms with Crippen molar-refractivity contribution in [3.05, 3.63) is 89.7 Å². The largest absolute Gasteiger partial charge is 0.418 e. The van der Waals surface area contributed by atoms with E-state index in [-0.39, 0.29) is 29.8 Å². The van der Waals surface area contributed by atoms with Gasteiger partial charge in [-0.3, -0.25) is 14.6 Å². The topological polar surface area (TPSA) is 80.3 Å². The predicted molar refractivity (Wildman–Crippen MR) is 138 cm³/mol. The lowest BCUT2D eigenvalue weighted by atomic mass is 9.72. The molecule has 0 radical (unpaired) electrons. The summed E-state index contributed by atoms with van der Waals surface area (Å²) in [6.07, 6.45) is 0.160. The summed E-state index contributed by atoms with van der Waals surface area (Å²) in [6.45, 7) is 3.02. The van der Waals surface area contributed by atoms with Gasteiger partial charge in [-0.1, -0.05) is 31.2 Å². The molecule has 2 aromatic carbocycles. The monoisotopic (exact) mass is 525 g/mol. The lowest BCUT2D eigenvalue weighted by Gasteiger charge is -2.32. The number of hydrogen-bond donors (Lipinski definition) is 2. The van der Waals surface area contributed by atoms with Crippen molar-refractivity contribution >= 4 is 23.1 Å². The van der Waals surface area contributed by atoms with E-state index in [4.69, 9.17) is 4.74 Å². The van der Waals surface area contributed by atoms with Gasteiger partial charge in [-0.05, 0) is 60.7 Å². The van der Waals surface area contributed by atoms with Crippen molar-refractivity contribution in [1.82, 2.24) is 10.3 Å². The van der Waals surface area contributed by atoms with E-state index in [1.807, 2.05) is 6.92 Å². The first kappa shape index (κ1) is 27.3. The van der Waals surface area contributed by atoms with Gasteiger partial charge in [-0.25, -0.2) is 0 Å². The van der Waals surface area contributed by atoms with E-state index < -0.39 is 17.2 Å². The number of halogens is 3. The quantitative estimate of drug-likeness (QED) is 0.310. The van der Waals surface area contributed by atoms with Crippen LogP contribution in [0.25, 0.3) is 0 Å². The summed E-state index contributed by atoms with van der Waals surface area (Å²) in [5.74, 6) is -0.184. The van der Waals surface area contributed by atoms with Gasteiger partial charge < -0.3 is 15.4 Å². The lowest BCUT2D eigenvalue weighted by molar-refractivity contribution is -0.137. The van der Waals surface area contributed by atoms with Crippen LogP contribution in [-0.2, 0) is 22.3 Å². The molecule has 0 bridgehead atoms. The molecule has 38 heavy (non-hydrogen) atoms. The van der Waals surface area contributed by atoms with Crippen LogP contribution in [0.2, 0.25) is 0 Å². The average molecular weight is 526 g/mol. The molecular weight excluding hydrogens is 495 g/mol. The average Bonchev–Trinajstić information content (AvgIpc) is 3.43. The Kier molecular flexibility index (Phi) is 8.46. The molecule has 2 atom stereocenters. The zero-order valence-corrected chi connectivity index (χ0v) is 21.1. The molecule has 2 heterocycles. The van der Waals surface area contributed by atoms with Gasteiger partial charge in [0.1, 0.15) is 0 Å². The van der Waals surface area contributed by atoms with Gasteiger partial charge in [-0.2, -0.15) is 13.2 Å². The number of anilines is 2. The summed E-state index contributed by atoms with van der Waals surface area (Å²) in [5, 5.41) is 5.82. The van der Waals surface area contributed by atoms with Gasteiger partial charge >= 0.3 is 6.18 Å². The minimum Gasteiger partial charge on any atom is -0.380 e. The van der Waals surface area contributed by atoms with Crippen LogP contribution in [0.1, 0.15) is 47.7 Å². The Morgan fingerprint density at radius 1 is 1.05 bits per heavy atom. The lowest BCUT2D eigenvalue weighted by Crippen LogP contribution is -2.45. The first-order valence-electron chi connectivity index (χ1n) is 12.5. The van der Waals surface area contributed by atoms with Crippen LogP contribution in [0.5, 0.6) is 0 Å². The number of rotatable bonds is 10. The number of para-hydroxylation sites is 1. The molecule has 2 N–H and O–H groups in total. The second-order valence-corrected chi connectivity index (χ2v) is 9.61. The maximum Gasteiger partial charge on any atom is 0.418 e. The van der Waals surface area contributed by atoms with Crippen LogP contribution in [0, 0.1) is 11.3 Å². The van der Waals surface area contributed by atoms with Crippen LogP contribution >= 0.6 is 0 Å². The van der Waals surface area contributed by atoms with Gasteiger partial charge in [0.15, 0.2) is 5.78 Å². The number of amides is 1. The van der Waals surface area contributed by atoms with E-state index in [2.05, 4.69) is 15.6 Å². The molecule has 9 heteroatoms. The summed E-state index contributed by atoms with van der Waals surface area (Å²) in [5.41, 5.74) is 0.430. The second kappa shape index (κ2) is 11.8. The molecule has 1 aliphatic rings. The predicted octanol–water partition coefficient (Wildman–Crippen LogP) is 6.17. The molecule has 1 aromatic heterocycles. The van der Waals surface area contributed by atoms with Crippen molar-refractivity contribution in [2.45, 2.75) is 38.9 Å². The number of ether oxygens (including phenoxy) is 1. The number of nitrogens with zero attached hydrogens (tertiary/aromatic N) is 1. The third-order valence-corrected chi connectivity index (χ3v) is 7.17. The summed E-state index contributed by atoms with van der Waals surface area (Å²) in [7, 11) is 0. The van der Waals surface area contributed by atoms with E-state index in [9.17, 15) is 22.8 Å². The molecule has 1 fully saturated rings. The minimum atomic E-state index is -4.46. The number of nitrogens with one attached hydrogen (secondary N) is 2. The fraction of sp³-hybridized carbons (Fsp3) is 0.345. The highest BCUT2D eigenvalue weighted by molar-refractivity contribution is 5.95. The molecule has 1 amide bonds. The summed E-state index contributed by atoms with van der Waals surface area (Å²) < 4.78 is 45.4. The van der Waals surface area contributed by atoms with Gasteiger partial charge in [0.25, 0.3) is 0 Å². The molecule has 4 rings (SSSR count). The molecule has 0 saturated carbocycles. The molecular formula is C29H30F3N3O3. The maximum absolute atomic E-state index is 13.3. The van der Waals surface area contributed by atoms with E-state index in [1.54, 1.807) is 54.9 Å². The van der Waals surface area contributed by atoms with Gasteiger partial charge in [0.2, 0.25) is 5.91 Å². The minimum absolute atomic E-state index is 0.0141. The van der Waals surface area contributed by atoms with Crippen molar-refractivity contribution in [2.75, 3.05) is 18.5 Å². The molecule has 0 spiro atoms. The van der Waals surface area contributed by atoms with E-state index in [0.29, 0.717) is 43.7 Å². The van der Waals surface area contributed by atoms with Crippen LogP contribution in [0.3, 0.4) is 0 Å². The highest BCUT2D eigenvalue weighted by atomic mass is 19.4. The molecule has 0 unspecified atom stereocenters. The summed E-state index contributed by atoms with van der Waals surface area (Å²) in [6, 6.07) is 15.5. The first-order valence-corrected chi connectivity index (χ1v) is 12.5. The van der Waals surface area contributed by atoms with Crippen LogP contribution < -0.4 is 10.6 Å². The number of Topliss-reactive ketones (excluding diaryl/α,β-unsaturated/α-hetero) is 1. The second-order valence-electron chi connectivity index (χ2n) is 9.61. The number of hydrogen-bond acceptors (Lipinski definition) is 5. The fourth-order valence-corrected chi connectivity index (χ4v) is 4.74. The number of ketones is 1. The zero-order chi connectivity index (χ0) is 27.2. The van der Waals surface area contributed by atoms with E-state index in [1.165, 1.54) is 12.1 Å². The molecule has 3 aromatic rings. The number of aromatic nitrogens is 1. The Hall–Kier alpha value is -3.72. The van der Waals surface area contributed by atoms with Crippen molar-refractivity contribution in [3.8, 4) is 0 Å².